The van der Waals surface area contributed by atoms with E-state index in [-0.39, 0.29) is 41.2 Å². The number of hydrogen-bond acceptors (Lipinski definition) is 5. The van der Waals surface area contributed by atoms with Gasteiger partial charge in [0.15, 0.2) is 0 Å². The van der Waals surface area contributed by atoms with Gasteiger partial charge in [-0.25, -0.2) is 4.90 Å². The second-order valence-corrected chi connectivity index (χ2v) is 8.97. The predicted octanol–water partition coefficient (Wildman–Crippen LogP) is 3.40. The maximum Gasteiger partial charge on any atom is 0.269 e. The third kappa shape index (κ3) is 2.65. The predicted molar refractivity (Wildman–Crippen MR) is 115 cm³/mol. The molecule has 160 valence electrons. The molecule has 8 nitrogen and oxygen atoms in total. The SMILES string of the molecule is O=C(Nc1ccc([N+](=O)[O-])cc1)c1cccc(N2C(=O)[C@@H]3[C@H]4C=C[C@@H]([C@@H]5C[C@@H]45)[C@H]3C2=O)c1. The van der Waals surface area contributed by atoms with Gasteiger partial charge in [0.25, 0.3) is 11.6 Å². The number of nitrogens with one attached hydrogen (secondary N) is 1. The molecule has 3 fully saturated rings. The lowest BCUT2D eigenvalue weighted by Gasteiger charge is -2.37. The van der Waals surface area contributed by atoms with Gasteiger partial charge >= 0.3 is 0 Å². The van der Waals surface area contributed by atoms with Crippen molar-refractivity contribution in [2.75, 3.05) is 10.2 Å². The van der Waals surface area contributed by atoms with Crippen molar-refractivity contribution in [3.05, 3.63) is 76.4 Å². The molecule has 5 aliphatic rings. The summed E-state index contributed by atoms with van der Waals surface area (Å²) in [6.45, 7) is 0. The number of allylic oxidation sites excluding steroid dienone is 2. The van der Waals surface area contributed by atoms with Crippen LogP contribution in [0.1, 0.15) is 16.8 Å². The van der Waals surface area contributed by atoms with Gasteiger partial charge in [-0.1, -0.05) is 18.2 Å². The first-order valence-electron chi connectivity index (χ1n) is 10.7. The average molecular weight is 429 g/mol. The summed E-state index contributed by atoms with van der Waals surface area (Å²) in [6.07, 6.45) is 5.36. The number of hydrogen-bond donors (Lipinski definition) is 1. The lowest BCUT2D eigenvalue weighted by molar-refractivity contribution is -0.384. The summed E-state index contributed by atoms with van der Waals surface area (Å²) in [5.41, 5.74) is 1.03. The van der Waals surface area contributed by atoms with Crippen molar-refractivity contribution in [1.82, 2.24) is 0 Å². The zero-order valence-corrected chi connectivity index (χ0v) is 16.9. The second kappa shape index (κ2) is 6.59. The van der Waals surface area contributed by atoms with E-state index in [1.807, 2.05) is 0 Å². The fraction of sp³-hybridized carbons (Fsp3) is 0.292. The fourth-order valence-electron chi connectivity index (χ4n) is 5.87. The van der Waals surface area contributed by atoms with Crippen molar-refractivity contribution < 1.29 is 19.3 Å². The smallest absolute Gasteiger partial charge is 0.269 e. The number of nitro groups is 1. The molecular weight excluding hydrogens is 410 g/mol. The van der Waals surface area contributed by atoms with Crippen LogP contribution in [0, 0.1) is 45.6 Å². The number of carbonyl (C=O) groups is 3. The molecule has 0 aromatic heterocycles. The number of nitro benzene ring substituents is 1. The zero-order chi connectivity index (χ0) is 22.1. The summed E-state index contributed by atoms with van der Waals surface area (Å²) in [5, 5.41) is 13.5. The highest BCUT2D eigenvalue weighted by molar-refractivity contribution is 6.23. The minimum Gasteiger partial charge on any atom is -0.322 e. The Kier molecular flexibility index (Phi) is 3.90. The molecule has 0 unspecified atom stereocenters. The van der Waals surface area contributed by atoms with E-state index in [1.54, 1.807) is 24.3 Å². The summed E-state index contributed by atoms with van der Waals surface area (Å²) in [4.78, 5) is 50.8. The van der Waals surface area contributed by atoms with Crippen LogP contribution in [0.3, 0.4) is 0 Å². The van der Waals surface area contributed by atoms with Crippen molar-refractivity contribution in [1.29, 1.82) is 0 Å². The summed E-state index contributed by atoms with van der Waals surface area (Å²) in [7, 11) is 0. The van der Waals surface area contributed by atoms with Crippen molar-refractivity contribution in [2.24, 2.45) is 35.5 Å². The Morgan fingerprint density at radius 3 is 2.19 bits per heavy atom. The number of benzene rings is 2. The number of rotatable bonds is 4. The first-order chi connectivity index (χ1) is 15.4. The number of nitrogens with zero attached hydrogens (tertiary/aromatic N) is 2. The van der Waals surface area contributed by atoms with E-state index in [4.69, 9.17) is 0 Å². The first-order valence-corrected chi connectivity index (χ1v) is 10.7. The highest BCUT2D eigenvalue weighted by Gasteiger charge is 2.67. The van der Waals surface area contributed by atoms with E-state index in [0.29, 0.717) is 28.8 Å². The van der Waals surface area contributed by atoms with E-state index in [2.05, 4.69) is 17.5 Å². The average Bonchev–Trinajstić information content (AvgIpc) is 3.57. The van der Waals surface area contributed by atoms with Crippen LogP contribution in [-0.2, 0) is 9.59 Å². The maximum atomic E-state index is 13.3. The maximum absolute atomic E-state index is 13.3. The summed E-state index contributed by atoms with van der Waals surface area (Å²) in [6, 6.07) is 12.0. The quantitative estimate of drug-likeness (QED) is 0.347. The van der Waals surface area contributed by atoms with E-state index in [1.165, 1.54) is 29.2 Å². The zero-order valence-electron chi connectivity index (χ0n) is 16.9. The number of non-ortho nitro benzene ring substituents is 1. The Hall–Kier alpha value is -3.81. The van der Waals surface area contributed by atoms with Gasteiger partial charge in [-0.3, -0.25) is 24.5 Å². The molecule has 4 aliphatic carbocycles. The Bertz CT molecular complexity index is 1180. The molecule has 0 radical (unpaired) electrons. The molecule has 6 atom stereocenters. The van der Waals surface area contributed by atoms with Gasteiger partial charge in [0.1, 0.15) is 0 Å². The molecule has 3 amide bonds. The van der Waals surface area contributed by atoms with Crippen LogP contribution < -0.4 is 10.2 Å². The first kappa shape index (κ1) is 18.9. The second-order valence-electron chi connectivity index (χ2n) is 8.97. The van der Waals surface area contributed by atoms with Crippen molar-refractivity contribution in [3.8, 4) is 0 Å². The van der Waals surface area contributed by atoms with Crippen LogP contribution in [0.15, 0.2) is 60.7 Å². The van der Waals surface area contributed by atoms with Crippen molar-refractivity contribution >= 4 is 34.8 Å². The summed E-state index contributed by atoms with van der Waals surface area (Å²) < 4.78 is 0. The highest BCUT2D eigenvalue weighted by Crippen LogP contribution is 2.65. The number of anilines is 2. The molecule has 1 saturated heterocycles. The van der Waals surface area contributed by atoms with Crippen LogP contribution in [0.5, 0.6) is 0 Å². The molecule has 1 aliphatic heterocycles. The van der Waals surface area contributed by atoms with Crippen LogP contribution in [-0.4, -0.2) is 22.6 Å². The van der Waals surface area contributed by atoms with Gasteiger partial charge in [0.05, 0.1) is 22.4 Å². The van der Waals surface area contributed by atoms with Gasteiger partial charge in [0, 0.05) is 23.4 Å². The lowest BCUT2D eigenvalue weighted by Crippen LogP contribution is -2.40. The van der Waals surface area contributed by atoms with E-state index < -0.39 is 10.8 Å². The molecule has 8 heteroatoms. The summed E-state index contributed by atoms with van der Waals surface area (Å²) >= 11 is 0. The van der Waals surface area contributed by atoms with Gasteiger partial charge in [-0.15, -0.1) is 0 Å². The molecule has 2 bridgehead atoms. The van der Waals surface area contributed by atoms with Gasteiger partial charge in [-0.2, -0.15) is 0 Å². The molecule has 1 heterocycles. The van der Waals surface area contributed by atoms with Crippen LogP contribution in [0.25, 0.3) is 0 Å². The number of imide groups is 1. The van der Waals surface area contributed by atoms with E-state index in [9.17, 15) is 24.5 Å². The normalized spacial score (nSPS) is 31.3. The standard InChI is InChI=1S/C24H19N3O5/c28-22(25-13-4-6-14(7-5-13)27(31)32)12-2-1-3-15(10-12)26-23(29)20-16-8-9-17(19-11-18(16)19)21(20)24(26)30/h1-10,16-21H,11H2,(H,25,28)/t16-,17-,18-,19-,20+,21+/m0/s1. The van der Waals surface area contributed by atoms with Gasteiger partial charge < -0.3 is 5.32 Å². The molecule has 7 rings (SSSR count). The highest BCUT2D eigenvalue weighted by atomic mass is 16.6. The Balaban J connectivity index is 1.25. The molecule has 2 aromatic rings. The van der Waals surface area contributed by atoms with E-state index in [0.717, 1.165) is 6.42 Å². The van der Waals surface area contributed by atoms with Crippen LogP contribution in [0.4, 0.5) is 17.1 Å². The third-order valence-corrected chi connectivity index (χ3v) is 7.37. The third-order valence-electron chi connectivity index (χ3n) is 7.37. The van der Waals surface area contributed by atoms with Gasteiger partial charge in [0.2, 0.25) is 11.8 Å². The molecule has 2 aromatic carbocycles. The van der Waals surface area contributed by atoms with Crippen LogP contribution >= 0.6 is 0 Å². The Morgan fingerprint density at radius 1 is 0.969 bits per heavy atom. The topological polar surface area (TPSA) is 110 Å². The lowest BCUT2D eigenvalue weighted by atomic mass is 9.63. The molecule has 0 spiro atoms. The monoisotopic (exact) mass is 429 g/mol. The van der Waals surface area contributed by atoms with Crippen molar-refractivity contribution in [2.45, 2.75) is 6.42 Å². The molecular formula is C24H19N3O5. The number of amides is 3. The molecule has 1 N–H and O–H groups in total. The van der Waals surface area contributed by atoms with E-state index >= 15 is 0 Å². The molecule has 2 saturated carbocycles. The number of carbonyl (C=O) groups excluding carboxylic acids is 3. The Morgan fingerprint density at radius 2 is 1.59 bits per heavy atom. The largest absolute Gasteiger partial charge is 0.322 e. The molecule has 32 heavy (non-hydrogen) atoms. The summed E-state index contributed by atoms with van der Waals surface area (Å²) in [5.74, 6) is -0.00760. The minimum absolute atomic E-state index is 0.0707. The van der Waals surface area contributed by atoms with Crippen molar-refractivity contribution in [3.63, 3.8) is 0 Å². The minimum atomic E-state index is -0.512. The fourth-order valence-corrected chi connectivity index (χ4v) is 5.87. The van der Waals surface area contributed by atoms with Crippen LogP contribution in [0.2, 0.25) is 0 Å². The Labute approximate surface area is 183 Å². The van der Waals surface area contributed by atoms with Gasteiger partial charge in [-0.05, 0) is 60.4 Å².